The van der Waals surface area contributed by atoms with E-state index in [2.05, 4.69) is 22.1 Å². The molecule has 0 bridgehead atoms. The minimum absolute atomic E-state index is 0.402. The molecular weight excluding hydrogens is 260 g/mol. The lowest BCUT2D eigenvalue weighted by Crippen LogP contribution is -2.49. The van der Waals surface area contributed by atoms with Gasteiger partial charge in [-0.05, 0) is 25.5 Å². The Morgan fingerprint density at radius 1 is 1.35 bits per heavy atom. The maximum Gasteiger partial charge on any atom is 0.365 e. The molecule has 0 saturated heterocycles. The summed E-state index contributed by atoms with van der Waals surface area (Å²) in [6.45, 7) is 6.62. The number of benzene rings is 1. The van der Waals surface area contributed by atoms with Crippen LogP contribution in [0.4, 0.5) is 10.5 Å². The van der Waals surface area contributed by atoms with Crippen molar-refractivity contribution in [2.24, 2.45) is 0 Å². The molecule has 0 saturated carbocycles. The van der Waals surface area contributed by atoms with Crippen LogP contribution in [0.1, 0.15) is 20.3 Å². The summed E-state index contributed by atoms with van der Waals surface area (Å²) in [5, 5.41) is 5.23. The van der Waals surface area contributed by atoms with Crippen molar-refractivity contribution < 1.29 is 19.4 Å². The zero-order valence-electron chi connectivity index (χ0n) is 11.5. The van der Waals surface area contributed by atoms with Crippen LogP contribution in [0.15, 0.2) is 43.0 Å². The van der Waals surface area contributed by atoms with Crippen molar-refractivity contribution in [1.29, 1.82) is 0 Å². The zero-order valence-corrected chi connectivity index (χ0v) is 11.5. The van der Waals surface area contributed by atoms with E-state index in [1.54, 1.807) is 38.1 Å². The molecular formula is C14H18N2O4. The summed E-state index contributed by atoms with van der Waals surface area (Å²) in [5.74, 6) is -0.727. The molecule has 2 N–H and O–H groups in total. The van der Waals surface area contributed by atoms with E-state index in [0.29, 0.717) is 12.1 Å². The number of nitrogens with one attached hydrogen (secondary N) is 2. The summed E-state index contributed by atoms with van der Waals surface area (Å²) < 4.78 is 0. The Bertz CT molecular complexity index is 475. The molecule has 0 aromatic heterocycles. The number of para-hydroxylation sites is 1. The van der Waals surface area contributed by atoms with Crippen molar-refractivity contribution in [1.82, 2.24) is 5.32 Å². The van der Waals surface area contributed by atoms with Gasteiger partial charge in [-0.2, -0.15) is 4.89 Å². The molecule has 1 rings (SSSR count). The number of carbonyl (C=O) groups is 2. The van der Waals surface area contributed by atoms with E-state index in [9.17, 15) is 9.59 Å². The Morgan fingerprint density at radius 2 is 2.00 bits per heavy atom. The fourth-order valence-corrected chi connectivity index (χ4v) is 1.26. The van der Waals surface area contributed by atoms with E-state index in [1.165, 1.54) is 0 Å². The second-order valence-corrected chi connectivity index (χ2v) is 4.22. The SMILES string of the molecule is C=CC(=O)OOC(C)(CC)NC(=O)Nc1ccccc1. The maximum absolute atomic E-state index is 11.8. The largest absolute Gasteiger partial charge is 0.365 e. The van der Waals surface area contributed by atoms with E-state index in [0.717, 1.165) is 6.08 Å². The first-order valence-electron chi connectivity index (χ1n) is 6.15. The van der Waals surface area contributed by atoms with Crippen LogP contribution in [0.25, 0.3) is 0 Å². The Hall–Kier alpha value is -2.34. The van der Waals surface area contributed by atoms with E-state index >= 15 is 0 Å². The Morgan fingerprint density at radius 3 is 2.55 bits per heavy atom. The highest BCUT2D eigenvalue weighted by molar-refractivity contribution is 5.89. The zero-order chi connectivity index (χ0) is 15.0. The van der Waals surface area contributed by atoms with Gasteiger partial charge in [0.15, 0.2) is 5.72 Å². The molecule has 1 aromatic rings. The second kappa shape index (κ2) is 7.30. The molecule has 0 fully saturated rings. The lowest BCUT2D eigenvalue weighted by atomic mass is 10.2. The van der Waals surface area contributed by atoms with Crippen molar-refractivity contribution in [3.63, 3.8) is 0 Å². The van der Waals surface area contributed by atoms with Crippen LogP contribution in [-0.4, -0.2) is 17.7 Å². The predicted molar refractivity (Wildman–Crippen MR) is 74.7 cm³/mol. The van der Waals surface area contributed by atoms with Crippen molar-refractivity contribution in [2.75, 3.05) is 5.32 Å². The number of anilines is 1. The molecule has 0 radical (unpaired) electrons. The molecule has 6 heteroatoms. The summed E-state index contributed by atoms with van der Waals surface area (Å²) in [6.07, 6.45) is 1.37. The molecule has 1 aromatic carbocycles. The first kappa shape index (κ1) is 15.7. The summed E-state index contributed by atoms with van der Waals surface area (Å²) in [7, 11) is 0. The van der Waals surface area contributed by atoms with Gasteiger partial charge in [0, 0.05) is 11.8 Å². The van der Waals surface area contributed by atoms with Gasteiger partial charge in [0.25, 0.3) is 0 Å². The van der Waals surface area contributed by atoms with Gasteiger partial charge < -0.3 is 10.6 Å². The fraction of sp³-hybridized carbons (Fsp3) is 0.286. The van der Waals surface area contributed by atoms with Gasteiger partial charge in [-0.25, -0.2) is 9.59 Å². The van der Waals surface area contributed by atoms with Crippen LogP contribution < -0.4 is 10.6 Å². The fourth-order valence-electron chi connectivity index (χ4n) is 1.26. The van der Waals surface area contributed by atoms with E-state index in [-0.39, 0.29) is 0 Å². The molecule has 0 heterocycles. The highest BCUT2D eigenvalue weighted by Gasteiger charge is 2.28. The van der Waals surface area contributed by atoms with Crippen LogP contribution in [-0.2, 0) is 14.6 Å². The number of amides is 2. The highest BCUT2D eigenvalue weighted by atomic mass is 17.2. The molecule has 1 unspecified atom stereocenters. The average Bonchev–Trinajstić information content (AvgIpc) is 2.45. The molecule has 6 nitrogen and oxygen atoms in total. The summed E-state index contributed by atoms with van der Waals surface area (Å²) in [6, 6.07) is 8.49. The topological polar surface area (TPSA) is 76.7 Å². The second-order valence-electron chi connectivity index (χ2n) is 4.22. The number of urea groups is 1. The van der Waals surface area contributed by atoms with Crippen LogP contribution in [0, 0.1) is 0 Å². The summed E-state index contributed by atoms with van der Waals surface area (Å²) in [5.41, 5.74) is -0.483. The van der Waals surface area contributed by atoms with Gasteiger partial charge in [0.05, 0.1) is 0 Å². The third kappa shape index (κ3) is 5.11. The number of rotatable bonds is 6. The van der Waals surface area contributed by atoms with Crippen LogP contribution in [0.2, 0.25) is 0 Å². The molecule has 0 aliphatic rings. The Balaban J connectivity index is 2.55. The molecule has 1 atom stereocenters. The van der Waals surface area contributed by atoms with Crippen LogP contribution in [0.5, 0.6) is 0 Å². The standard InChI is InChI=1S/C14H18N2O4/c1-4-12(17)19-20-14(3,5-2)16-13(18)15-11-9-7-6-8-10-11/h4,6-10H,1,5H2,2-3H3,(H2,15,16,18). The molecule has 108 valence electrons. The van der Waals surface area contributed by atoms with Crippen molar-refractivity contribution in [3.05, 3.63) is 43.0 Å². The van der Waals surface area contributed by atoms with Gasteiger partial charge in [0.2, 0.25) is 0 Å². The Labute approximate surface area is 117 Å². The van der Waals surface area contributed by atoms with Crippen LogP contribution in [0.3, 0.4) is 0 Å². The molecule has 20 heavy (non-hydrogen) atoms. The van der Waals surface area contributed by atoms with Gasteiger partial charge >= 0.3 is 12.0 Å². The smallest absolute Gasteiger partial charge is 0.308 e. The average molecular weight is 278 g/mol. The number of carbonyl (C=O) groups excluding carboxylic acids is 2. The summed E-state index contributed by atoms with van der Waals surface area (Å²) in [4.78, 5) is 32.2. The van der Waals surface area contributed by atoms with Crippen molar-refractivity contribution in [2.45, 2.75) is 26.0 Å². The normalized spacial score (nSPS) is 12.9. The minimum Gasteiger partial charge on any atom is -0.308 e. The quantitative estimate of drug-likeness (QED) is 0.363. The first-order chi connectivity index (χ1) is 9.49. The summed E-state index contributed by atoms with van der Waals surface area (Å²) >= 11 is 0. The van der Waals surface area contributed by atoms with Gasteiger partial charge in [-0.1, -0.05) is 31.7 Å². The lowest BCUT2D eigenvalue weighted by Gasteiger charge is -2.27. The number of hydrogen-bond acceptors (Lipinski definition) is 4. The third-order valence-electron chi connectivity index (χ3n) is 2.56. The third-order valence-corrected chi connectivity index (χ3v) is 2.56. The van der Waals surface area contributed by atoms with Gasteiger partial charge in [-0.3, -0.25) is 4.89 Å². The minimum atomic E-state index is -1.13. The molecule has 0 aliphatic carbocycles. The van der Waals surface area contributed by atoms with Gasteiger partial charge in [0.1, 0.15) is 0 Å². The van der Waals surface area contributed by atoms with Crippen LogP contribution >= 0.6 is 0 Å². The van der Waals surface area contributed by atoms with E-state index < -0.39 is 17.7 Å². The Kier molecular flexibility index (Phi) is 5.74. The van der Waals surface area contributed by atoms with Crippen molar-refractivity contribution >= 4 is 17.7 Å². The lowest BCUT2D eigenvalue weighted by molar-refractivity contribution is -0.331. The first-order valence-corrected chi connectivity index (χ1v) is 6.15. The van der Waals surface area contributed by atoms with E-state index in [1.807, 2.05) is 6.07 Å². The molecule has 0 aliphatic heterocycles. The van der Waals surface area contributed by atoms with Crippen molar-refractivity contribution in [3.8, 4) is 0 Å². The molecule has 2 amide bonds. The number of hydrogen-bond donors (Lipinski definition) is 2. The maximum atomic E-state index is 11.8. The van der Waals surface area contributed by atoms with Gasteiger partial charge in [-0.15, -0.1) is 0 Å². The highest BCUT2D eigenvalue weighted by Crippen LogP contribution is 2.13. The molecule has 0 spiro atoms. The van der Waals surface area contributed by atoms with E-state index in [4.69, 9.17) is 4.89 Å². The monoisotopic (exact) mass is 278 g/mol. The predicted octanol–water partition coefficient (Wildman–Crippen LogP) is 2.60.